The molecule has 0 saturated carbocycles. The first-order valence-electron chi connectivity index (χ1n) is 4.21. The standard InChI is InChI=1S/C9H5F5N2O/c10-8(11)7-5(3-17)4(2-15)1-6(16-7)9(12,13)14/h1,8,17H,3H2. The van der Waals surface area contributed by atoms with Crippen molar-refractivity contribution < 1.29 is 27.1 Å². The zero-order valence-electron chi connectivity index (χ0n) is 8.09. The predicted molar refractivity (Wildman–Crippen MR) is 44.8 cm³/mol. The number of halogens is 5. The molecule has 0 unspecified atom stereocenters. The molecule has 1 aromatic heterocycles. The molecule has 0 fully saturated rings. The molecule has 1 rings (SSSR count). The van der Waals surface area contributed by atoms with Crippen LogP contribution in [0.2, 0.25) is 0 Å². The monoisotopic (exact) mass is 252 g/mol. The molecule has 1 aromatic rings. The van der Waals surface area contributed by atoms with Gasteiger partial charge in [-0.2, -0.15) is 18.4 Å². The summed E-state index contributed by atoms with van der Waals surface area (Å²) in [6.07, 6.45) is -8.23. The van der Waals surface area contributed by atoms with E-state index in [1.54, 1.807) is 0 Å². The Hall–Kier alpha value is -1.75. The molecule has 1 N–H and O–H groups in total. The van der Waals surface area contributed by atoms with Gasteiger partial charge < -0.3 is 5.11 Å². The van der Waals surface area contributed by atoms with Crippen LogP contribution < -0.4 is 0 Å². The summed E-state index contributed by atoms with van der Waals surface area (Å²) in [5, 5.41) is 17.3. The molecular formula is C9H5F5N2O. The van der Waals surface area contributed by atoms with E-state index in [4.69, 9.17) is 10.4 Å². The number of aromatic nitrogens is 1. The summed E-state index contributed by atoms with van der Waals surface area (Å²) in [4.78, 5) is 2.74. The third-order valence-corrected chi connectivity index (χ3v) is 1.93. The lowest BCUT2D eigenvalue weighted by Gasteiger charge is -2.12. The highest BCUT2D eigenvalue weighted by Crippen LogP contribution is 2.32. The Balaban J connectivity index is 3.53. The minimum Gasteiger partial charge on any atom is -0.392 e. The third-order valence-electron chi connectivity index (χ3n) is 1.93. The number of nitriles is 1. The summed E-state index contributed by atoms with van der Waals surface area (Å²) >= 11 is 0. The zero-order valence-corrected chi connectivity index (χ0v) is 8.09. The number of nitrogens with zero attached hydrogens (tertiary/aromatic N) is 2. The van der Waals surface area contributed by atoms with E-state index in [2.05, 4.69) is 4.98 Å². The van der Waals surface area contributed by atoms with Crippen LogP contribution in [0.15, 0.2) is 6.07 Å². The summed E-state index contributed by atoms with van der Waals surface area (Å²) in [6, 6.07) is 1.65. The Morgan fingerprint density at radius 1 is 1.41 bits per heavy atom. The van der Waals surface area contributed by atoms with Crippen LogP contribution in [-0.2, 0) is 12.8 Å². The quantitative estimate of drug-likeness (QED) is 0.822. The van der Waals surface area contributed by atoms with Crippen molar-refractivity contribution in [1.82, 2.24) is 4.98 Å². The van der Waals surface area contributed by atoms with Crippen LogP contribution in [0.1, 0.15) is 28.9 Å². The average Bonchev–Trinajstić information content (AvgIpc) is 2.25. The molecular weight excluding hydrogens is 247 g/mol. The number of hydrogen-bond donors (Lipinski definition) is 1. The maximum atomic E-state index is 12.4. The van der Waals surface area contributed by atoms with Gasteiger partial charge in [0.15, 0.2) is 0 Å². The van der Waals surface area contributed by atoms with Gasteiger partial charge in [0.1, 0.15) is 11.4 Å². The van der Waals surface area contributed by atoms with E-state index in [9.17, 15) is 22.0 Å². The summed E-state index contributed by atoms with van der Waals surface area (Å²) < 4.78 is 61.8. The predicted octanol–water partition coefficient (Wildman–Crippen LogP) is 2.40. The summed E-state index contributed by atoms with van der Waals surface area (Å²) in [5.74, 6) is 0. The summed E-state index contributed by atoms with van der Waals surface area (Å²) in [7, 11) is 0. The highest BCUT2D eigenvalue weighted by Gasteiger charge is 2.35. The van der Waals surface area contributed by atoms with E-state index in [1.807, 2.05) is 0 Å². The van der Waals surface area contributed by atoms with Gasteiger partial charge in [-0.3, -0.25) is 0 Å². The summed E-state index contributed by atoms with van der Waals surface area (Å²) in [6.45, 7) is -0.978. The van der Waals surface area contributed by atoms with E-state index in [0.29, 0.717) is 6.07 Å². The van der Waals surface area contributed by atoms with Crippen molar-refractivity contribution in [2.75, 3.05) is 0 Å². The highest BCUT2D eigenvalue weighted by atomic mass is 19.4. The van der Waals surface area contributed by atoms with Gasteiger partial charge >= 0.3 is 6.18 Å². The minimum absolute atomic E-state index is 0.331. The van der Waals surface area contributed by atoms with Crippen molar-refractivity contribution in [1.29, 1.82) is 5.26 Å². The van der Waals surface area contributed by atoms with Gasteiger partial charge in [0.2, 0.25) is 0 Å². The smallest absolute Gasteiger partial charge is 0.392 e. The van der Waals surface area contributed by atoms with Gasteiger partial charge in [-0.15, -0.1) is 0 Å². The fourth-order valence-electron chi connectivity index (χ4n) is 1.18. The maximum absolute atomic E-state index is 12.4. The van der Waals surface area contributed by atoms with Gasteiger partial charge in [-0.1, -0.05) is 0 Å². The van der Waals surface area contributed by atoms with E-state index >= 15 is 0 Å². The van der Waals surface area contributed by atoms with Crippen molar-refractivity contribution in [3.8, 4) is 6.07 Å². The molecule has 17 heavy (non-hydrogen) atoms. The molecule has 0 bridgehead atoms. The van der Waals surface area contributed by atoms with Gasteiger partial charge in [0.25, 0.3) is 6.43 Å². The van der Waals surface area contributed by atoms with Gasteiger partial charge in [0, 0.05) is 5.56 Å². The first-order valence-corrected chi connectivity index (χ1v) is 4.21. The van der Waals surface area contributed by atoms with Crippen LogP contribution in [0, 0.1) is 11.3 Å². The molecule has 0 spiro atoms. The lowest BCUT2D eigenvalue weighted by molar-refractivity contribution is -0.141. The second-order valence-electron chi connectivity index (χ2n) is 2.99. The van der Waals surface area contributed by atoms with E-state index in [1.165, 1.54) is 6.07 Å². The normalized spacial score (nSPS) is 11.6. The molecule has 8 heteroatoms. The zero-order chi connectivity index (χ0) is 13.2. The largest absolute Gasteiger partial charge is 0.433 e. The van der Waals surface area contributed by atoms with Gasteiger partial charge in [-0.05, 0) is 6.07 Å². The molecule has 1 heterocycles. The summed E-state index contributed by atoms with van der Waals surface area (Å²) in [5.41, 5.74) is -4.05. The molecule has 0 radical (unpaired) electrons. The van der Waals surface area contributed by atoms with E-state index in [-0.39, 0.29) is 0 Å². The number of rotatable bonds is 2. The van der Waals surface area contributed by atoms with E-state index < -0.39 is 41.7 Å². The molecule has 0 aliphatic carbocycles. The fraction of sp³-hybridized carbons (Fsp3) is 0.333. The van der Waals surface area contributed by atoms with Gasteiger partial charge in [-0.25, -0.2) is 13.8 Å². The number of hydrogen-bond acceptors (Lipinski definition) is 3. The maximum Gasteiger partial charge on any atom is 0.433 e. The highest BCUT2D eigenvalue weighted by molar-refractivity contribution is 5.42. The van der Waals surface area contributed by atoms with Crippen LogP contribution in [0.25, 0.3) is 0 Å². The minimum atomic E-state index is -4.93. The molecule has 0 saturated heterocycles. The van der Waals surface area contributed by atoms with Crippen LogP contribution >= 0.6 is 0 Å². The second kappa shape index (κ2) is 4.63. The third kappa shape index (κ3) is 2.68. The Kier molecular flexibility index (Phi) is 3.63. The molecule has 0 aliphatic heterocycles. The topological polar surface area (TPSA) is 56.9 Å². The Morgan fingerprint density at radius 2 is 2.00 bits per heavy atom. The van der Waals surface area contributed by atoms with Crippen LogP contribution in [-0.4, -0.2) is 10.1 Å². The Bertz CT molecular complexity index is 464. The second-order valence-corrected chi connectivity index (χ2v) is 2.99. The Morgan fingerprint density at radius 3 is 2.35 bits per heavy atom. The van der Waals surface area contributed by atoms with E-state index in [0.717, 1.165) is 0 Å². The van der Waals surface area contributed by atoms with Crippen molar-refractivity contribution in [3.05, 3.63) is 28.6 Å². The van der Waals surface area contributed by atoms with Crippen molar-refractivity contribution in [2.45, 2.75) is 19.2 Å². The lowest BCUT2D eigenvalue weighted by Crippen LogP contribution is -2.13. The molecule has 0 amide bonds. The fourth-order valence-corrected chi connectivity index (χ4v) is 1.18. The number of alkyl halides is 5. The first-order chi connectivity index (χ1) is 7.81. The number of pyridine rings is 1. The van der Waals surface area contributed by atoms with Crippen molar-refractivity contribution in [3.63, 3.8) is 0 Å². The Labute approximate surface area is 92.1 Å². The first kappa shape index (κ1) is 13.3. The molecule has 0 atom stereocenters. The average molecular weight is 252 g/mol. The molecule has 3 nitrogen and oxygen atoms in total. The van der Waals surface area contributed by atoms with Crippen LogP contribution in [0.4, 0.5) is 22.0 Å². The number of aliphatic hydroxyl groups is 1. The lowest BCUT2D eigenvalue weighted by atomic mass is 10.1. The van der Waals surface area contributed by atoms with Crippen molar-refractivity contribution >= 4 is 0 Å². The number of aliphatic hydroxyl groups excluding tert-OH is 1. The van der Waals surface area contributed by atoms with Crippen molar-refractivity contribution in [2.24, 2.45) is 0 Å². The van der Waals surface area contributed by atoms with Crippen LogP contribution in [0.5, 0.6) is 0 Å². The molecule has 0 aliphatic rings. The molecule has 92 valence electrons. The van der Waals surface area contributed by atoms with Gasteiger partial charge in [0.05, 0.1) is 18.2 Å². The SMILES string of the molecule is N#Cc1cc(C(F)(F)F)nc(C(F)F)c1CO. The van der Waals surface area contributed by atoms with Crippen LogP contribution in [0.3, 0.4) is 0 Å². The molecule has 0 aromatic carbocycles.